The molecule has 7 atom stereocenters. The molecule has 2 aliphatic heterocycles. The molecule has 2 aliphatic carbocycles. The molecule has 3 N–H and O–H groups in total. The van der Waals surface area contributed by atoms with E-state index in [-0.39, 0.29) is 76.0 Å². The van der Waals surface area contributed by atoms with Gasteiger partial charge in [0.15, 0.2) is 0 Å². The van der Waals surface area contributed by atoms with Crippen LogP contribution < -0.4 is 9.47 Å². The largest absolute Gasteiger partial charge is 0.459 e. The Labute approximate surface area is 409 Å². The summed E-state index contributed by atoms with van der Waals surface area (Å²) in [6, 6.07) is 25.1. The van der Waals surface area contributed by atoms with Crippen molar-refractivity contribution in [2.24, 2.45) is 22.9 Å². The van der Waals surface area contributed by atoms with E-state index in [0.717, 1.165) is 60.4 Å². The predicted molar refractivity (Wildman–Crippen MR) is 265 cm³/mol. The van der Waals surface area contributed by atoms with Crippen molar-refractivity contribution in [3.8, 4) is 17.2 Å². The van der Waals surface area contributed by atoms with Gasteiger partial charge in [0, 0.05) is 62.3 Å². The predicted octanol–water partition coefficient (Wildman–Crippen LogP) is 9.25. The Bertz CT molecular complexity index is 2500. The Morgan fingerprint density at radius 1 is 0.914 bits per heavy atom. The Kier molecular flexibility index (Phi) is 17.5. The number of hydrogen-bond donors (Lipinski definition) is 3. The number of nitrogens with zero attached hydrogens (tertiary/aromatic N) is 3. The number of nitro groups is 1. The highest BCUT2D eigenvalue weighted by atomic mass is 16.8. The normalized spacial score (nSPS) is 24.3. The first-order valence-electron chi connectivity index (χ1n) is 24.7. The number of fused-ring (bicyclic) bond motifs is 3. The van der Waals surface area contributed by atoms with Gasteiger partial charge in [-0.05, 0) is 121 Å². The monoisotopic (exact) mass is 959 g/mol. The molecule has 15 nitrogen and oxygen atoms in total. The van der Waals surface area contributed by atoms with E-state index in [1.807, 2.05) is 42.5 Å². The van der Waals surface area contributed by atoms with E-state index < -0.39 is 34.9 Å². The van der Waals surface area contributed by atoms with Crippen molar-refractivity contribution in [1.29, 1.82) is 0 Å². The van der Waals surface area contributed by atoms with Crippen LogP contribution in [-0.2, 0) is 23.8 Å². The third kappa shape index (κ3) is 11.6. The molecule has 1 amide bonds. The molecule has 8 rings (SSSR count). The van der Waals surface area contributed by atoms with Crippen LogP contribution in [-0.4, -0.2) is 108 Å². The number of rotatable bonds is 24. The maximum Gasteiger partial charge on any atom is 0.269 e. The van der Waals surface area contributed by atoms with E-state index >= 15 is 4.79 Å². The van der Waals surface area contributed by atoms with Gasteiger partial charge in [-0.2, -0.15) is 0 Å². The molecule has 2 heterocycles. The number of non-ortho nitro benzene ring substituents is 1. The number of aliphatic hydroxyl groups is 3. The van der Waals surface area contributed by atoms with Gasteiger partial charge in [0.05, 0.1) is 49.6 Å². The first-order valence-corrected chi connectivity index (χ1v) is 24.7. The van der Waals surface area contributed by atoms with Crippen molar-refractivity contribution >= 4 is 34.2 Å². The Hall–Kier alpha value is -5.94. The van der Waals surface area contributed by atoms with Gasteiger partial charge < -0.3 is 48.7 Å². The molecule has 0 spiro atoms. The first-order chi connectivity index (χ1) is 34.3. The molecular formula is C55H65N3O12. The van der Waals surface area contributed by atoms with Gasteiger partial charge in [0.2, 0.25) is 18.0 Å². The van der Waals surface area contributed by atoms with Crippen LogP contribution in [0.4, 0.5) is 5.69 Å². The first kappa shape index (κ1) is 50.4. The van der Waals surface area contributed by atoms with Gasteiger partial charge in [-0.15, -0.1) is 6.58 Å². The fourth-order valence-corrected chi connectivity index (χ4v) is 10.7. The van der Waals surface area contributed by atoms with Crippen molar-refractivity contribution in [2.75, 3.05) is 52.8 Å². The molecule has 0 aromatic heterocycles. The number of ether oxygens (including phenoxy) is 5. The number of carbonyl (C=O) groups is 1. The van der Waals surface area contributed by atoms with E-state index in [1.54, 1.807) is 29.2 Å². The van der Waals surface area contributed by atoms with Crippen molar-refractivity contribution in [3.05, 3.63) is 137 Å². The molecule has 4 aromatic rings. The summed E-state index contributed by atoms with van der Waals surface area (Å²) in [5.41, 5.74) is 2.93. The van der Waals surface area contributed by atoms with Crippen LogP contribution in [0.5, 0.6) is 17.2 Å². The number of benzene rings is 4. The number of unbranched alkanes of at least 4 members (excludes halogenated alkanes) is 2. The lowest BCUT2D eigenvalue weighted by atomic mass is 9.55. The third-order valence-electron chi connectivity index (χ3n) is 13.9. The van der Waals surface area contributed by atoms with E-state index in [1.165, 1.54) is 18.2 Å². The number of carbonyl (C=O) groups excluding carboxylic acids is 1. The van der Waals surface area contributed by atoms with Crippen LogP contribution in [0, 0.1) is 27.9 Å². The van der Waals surface area contributed by atoms with Crippen LogP contribution >= 0.6 is 0 Å². The summed E-state index contributed by atoms with van der Waals surface area (Å²) >= 11 is 0. The fourth-order valence-electron chi connectivity index (χ4n) is 10.7. The standard InChI is InChI=1S/C55H65N3O12/c1-2-30-67-55-50(57(26-32-65-33-29-61)51(62)25-18-38-16-20-42(21-17-38)58(63)64)37-48(56-70-52-15-7-10-31-66-52)46-35-41(13-5-8-27-59)45(14-6-9-28-60)53(54(46)55)47-36-44(23-24-49(47)69-55)68-43-22-19-39-11-3-4-12-40(39)34-43/h2-4,11-12,16-25,34-36,41,45,50,52-54,59-61H,1,5-10,13-15,26-33,37H2. The van der Waals surface area contributed by atoms with E-state index in [2.05, 4.69) is 30.9 Å². The van der Waals surface area contributed by atoms with Crippen LogP contribution in [0.15, 0.2) is 120 Å². The van der Waals surface area contributed by atoms with E-state index in [0.29, 0.717) is 54.4 Å². The SMILES string of the molecule is C=CCOC12Oc3ccc(Oc4ccc5ccccc5c4)cc3C3C(CCCCO)C(CCCCO)C=C(C(=NOC4CCCCO4)CC1N(CCOCCO)C(=O)C=Cc1ccc([N+](=O)[O-])cc1)C32. The molecule has 15 heteroatoms. The van der Waals surface area contributed by atoms with Crippen LogP contribution in [0.25, 0.3) is 16.8 Å². The summed E-state index contributed by atoms with van der Waals surface area (Å²) in [6.07, 6.45) is 13.4. The lowest BCUT2D eigenvalue weighted by Crippen LogP contribution is -2.70. The van der Waals surface area contributed by atoms with Crippen LogP contribution in [0.3, 0.4) is 0 Å². The van der Waals surface area contributed by atoms with Gasteiger partial charge in [-0.1, -0.05) is 60.5 Å². The summed E-state index contributed by atoms with van der Waals surface area (Å²) in [5.74, 6) is -0.969. The number of aliphatic hydroxyl groups excluding tert-OH is 3. The fraction of sp³-hybridized carbons (Fsp3) is 0.455. The second kappa shape index (κ2) is 24.3. The molecule has 372 valence electrons. The lowest BCUT2D eigenvalue weighted by Gasteiger charge is -2.60. The smallest absolute Gasteiger partial charge is 0.269 e. The maximum absolute atomic E-state index is 15.0. The molecule has 70 heavy (non-hydrogen) atoms. The second-order valence-corrected chi connectivity index (χ2v) is 18.3. The molecule has 1 saturated heterocycles. The summed E-state index contributed by atoms with van der Waals surface area (Å²) < 4.78 is 33.1. The minimum absolute atomic E-state index is 0.0107. The topological polar surface area (TPSA) is 192 Å². The molecule has 0 radical (unpaired) electrons. The number of hydrogen-bond acceptors (Lipinski definition) is 13. The van der Waals surface area contributed by atoms with Gasteiger partial charge >= 0.3 is 0 Å². The Morgan fingerprint density at radius 3 is 2.43 bits per heavy atom. The highest BCUT2D eigenvalue weighted by Gasteiger charge is 2.65. The number of amides is 1. The Morgan fingerprint density at radius 2 is 1.69 bits per heavy atom. The molecule has 4 aromatic carbocycles. The van der Waals surface area contributed by atoms with Crippen molar-refractivity contribution in [1.82, 2.24) is 4.90 Å². The number of oxime groups is 1. The molecule has 4 aliphatic rings. The van der Waals surface area contributed by atoms with Crippen LogP contribution in [0.1, 0.15) is 81.3 Å². The van der Waals surface area contributed by atoms with Crippen molar-refractivity contribution in [2.45, 2.75) is 88.2 Å². The highest BCUT2D eigenvalue weighted by molar-refractivity contribution is 6.03. The van der Waals surface area contributed by atoms with Gasteiger partial charge in [-0.25, -0.2) is 0 Å². The van der Waals surface area contributed by atoms with Gasteiger partial charge in [0.25, 0.3) is 5.69 Å². The molecule has 7 unspecified atom stereocenters. The molecular weight excluding hydrogens is 895 g/mol. The minimum Gasteiger partial charge on any atom is -0.459 e. The van der Waals surface area contributed by atoms with Crippen LogP contribution in [0.2, 0.25) is 0 Å². The molecule has 0 bridgehead atoms. The quantitative estimate of drug-likeness (QED) is 0.0199. The summed E-state index contributed by atoms with van der Waals surface area (Å²) in [4.78, 5) is 33.9. The zero-order valence-electron chi connectivity index (χ0n) is 39.6. The number of nitro benzene ring substituents is 1. The van der Waals surface area contributed by atoms with Gasteiger partial charge in [-0.3, -0.25) is 14.9 Å². The van der Waals surface area contributed by atoms with E-state index in [9.17, 15) is 25.4 Å². The third-order valence-corrected chi connectivity index (χ3v) is 13.9. The molecule has 1 saturated carbocycles. The lowest BCUT2D eigenvalue weighted by molar-refractivity contribution is -0.384. The average Bonchev–Trinajstić information content (AvgIpc) is 3.38. The Balaban J connectivity index is 1.30. The summed E-state index contributed by atoms with van der Waals surface area (Å²) in [7, 11) is 0. The highest BCUT2D eigenvalue weighted by Crippen LogP contribution is 2.62. The van der Waals surface area contributed by atoms with E-state index in [4.69, 9.17) is 33.7 Å². The molecule has 2 fully saturated rings. The minimum atomic E-state index is -1.54. The second-order valence-electron chi connectivity index (χ2n) is 18.3. The summed E-state index contributed by atoms with van der Waals surface area (Å²) in [6.45, 7) is 4.79. The van der Waals surface area contributed by atoms with Gasteiger partial charge in [0.1, 0.15) is 23.3 Å². The summed E-state index contributed by atoms with van der Waals surface area (Å²) in [5, 5.41) is 48.3. The van der Waals surface area contributed by atoms with Crippen molar-refractivity contribution < 1.29 is 53.6 Å². The zero-order valence-corrected chi connectivity index (χ0v) is 39.6. The maximum atomic E-state index is 15.0. The van der Waals surface area contributed by atoms with Crippen molar-refractivity contribution in [3.63, 3.8) is 0 Å². The number of allylic oxidation sites excluding steroid dienone is 1. The average molecular weight is 960 g/mol. The zero-order chi connectivity index (χ0) is 48.9.